The summed E-state index contributed by atoms with van der Waals surface area (Å²) in [6, 6.07) is 0. The van der Waals surface area contributed by atoms with Crippen LogP contribution in [0.3, 0.4) is 0 Å². The number of unbranched alkanes of at least 4 members (excludes halogenated alkanes) is 17. The van der Waals surface area contributed by atoms with Crippen LogP contribution < -0.4 is 0 Å². The Morgan fingerprint density at radius 2 is 0.500 bits per heavy atom. The Labute approximate surface area is 193 Å². The van der Waals surface area contributed by atoms with Crippen LogP contribution in [0.4, 0.5) is 0 Å². The Balaban J connectivity index is 3.24. The summed E-state index contributed by atoms with van der Waals surface area (Å²) in [6.07, 6.45) is 35.1. The summed E-state index contributed by atoms with van der Waals surface area (Å²) in [5.41, 5.74) is 0. The zero-order valence-corrected chi connectivity index (χ0v) is 22.1. The number of hydrogen-bond donors (Lipinski definition) is 0. The second kappa shape index (κ2) is 25.3. The molecule has 2 atom stereocenters. The molecule has 0 aliphatic heterocycles. The zero-order chi connectivity index (χ0) is 22.1. The van der Waals surface area contributed by atoms with Crippen LogP contribution in [0.25, 0.3) is 0 Å². The van der Waals surface area contributed by atoms with Gasteiger partial charge in [-0.2, -0.15) is 0 Å². The van der Waals surface area contributed by atoms with E-state index in [1.807, 2.05) is 0 Å². The fraction of sp³-hybridized carbons (Fsp3) is 1.00. The zero-order valence-electron chi connectivity index (χ0n) is 22.1. The summed E-state index contributed by atoms with van der Waals surface area (Å²) >= 11 is 0. The first-order valence-electron chi connectivity index (χ1n) is 14.7. The van der Waals surface area contributed by atoms with Gasteiger partial charge in [0.15, 0.2) is 0 Å². The van der Waals surface area contributed by atoms with E-state index >= 15 is 0 Å². The summed E-state index contributed by atoms with van der Waals surface area (Å²) in [4.78, 5) is 0. The molecule has 0 saturated heterocycles. The van der Waals surface area contributed by atoms with Crippen LogP contribution in [0.5, 0.6) is 0 Å². The molecule has 0 N–H and O–H groups in total. The van der Waals surface area contributed by atoms with Gasteiger partial charge in [0, 0.05) is 0 Å². The van der Waals surface area contributed by atoms with E-state index in [0.717, 1.165) is 11.8 Å². The maximum absolute atomic E-state index is 2.49. The van der Waals surface area contributed by atoms with Gasteiger partial charge in [-0.3, -0.25) is 0 Å². The van der Waals surface area contributed by atoms with Gasteiger partial charge in [0.05, 0.1) is 0 Å². The summed E-state index contributed by atoms with van der Waals surface area (Å²) in [5.74, 6) is 1.93. The molecular formula is C30H62. The molecule has 0 fully saturated rings. The lowest BCUT2D eigenvalue weighted by molar-refractivity contribution is 0.416. The first-order valence-corrected chi connectivity index (χ1v) is 14.7. The highest BCUT2D eigenvalue weighted by Crippen LogP contribution is 2.21. The van der Waals surface area contributed by atoms with Gasteiger partial charge in [-0.15, -0.1) is 0 Å². The molecule has 0 amide bonds. The topological polar surface area (TPSA) is 0 Å². The molecule has 0 radical (unpaired) electrons. The molecule has 30 heavy (non-hydrogen) atoms. The third-order valence-electron chi connectivity index (χ3n) is 7.24. The monoisotopic (exact) mass is 422 g/mol. The van der Waals surface area contributed by atoms with Crippen molar-refractivity contribution in [2.24, 2.45) is 11.8 Å². The highest BCUT2D eigenvalue weighted by atomic mass is 14.1. The van der Waals surface area contributed by atoms with Crippen molar-refractivity contribution in [1.29, 1.82) is 0 Å². The molecule has 182 valence electrons. The van der Waals surface area contributed by atoms with Gasteiger partial charge in [-0.25, -0.2) is 0 Å². The highest BCUT2D eigenvalue weighted by molar-refractivity contribution is 4.58. The van der Waals surface area contributed by atoms with E-state index in [2.05, 4.69) is 27.7 Å². The number of rotatable bonds is 25. The molecule has 0 aromatic heterocycles. The fourth-order valence-electron chi connectivity index (χ4n) is 4.88. The largest absolute Gasteiger partial charge is 0.0654 e. The predicted molar refractivity (Wildman–Crippen MR) is 140 cm³/mol. The molecule has 0 aromatic rings. The van der Waals surface area contributed by atoms with Gasteiger partial charge in [-0.1, -0.05) is 182 Å². The quantitative estimate of drug-likeness (QED) is 0.128. The van der Waals surface area contributed by atoms with E-state index in [0.29, 0.717) is 0 Å². The van der Waals surface area contributed by atoms with Gasteiger partial charge < -0.3 is 0 Å². The molecule has 0 heteroatoms. The molecular weight excluding hydrogens is 360 g/mol. The second-order valence-electron chi connectivity index (χ2n) is 10.7. The molecule has 0 aromatic carbocycles. The average Bonchev–Trinajstić information content (AvgIpc) is 2.74. The Bertz CT molecular complexity index is 294. The normalized spacial score (nSPS) is 13.6. The van der Waals surface area contributed by atoms with Crippen LogP contribution in [0.15, 0.2) is 0 Å². The lowest BCUT2D eigenvalue weighted by Crippen LogP contribution is -1.96. The molecule has 0 saturated carbocycles. The van der Waals surface area contributed by atoms with E-state index in [9.17, 15) is 0 Å². The van der Waals surface area contributed by atoms with Crippen molar-refractivity contribution in [2.45, 2.75) is 182 Å². The van der Waals surface area contributed by atoms with E-state index in [1.54, 1.807) is 0 Å². The SMILES string of the molecule is CCCCCCCCCCC(C)CCCCCCCC(C)CCCCCCCCC. The van der Waals surface area contributed by atoms with Crippen molar-refractivity contribution in [2.75, 3.05) is 0 Å². The van der Waals surface area contributed by atoms with Gasteiger partial charge in [-0.05, 0) is 11.8 Å². The van der Waals surface area contributed by atoms with Crippen LogP contribution in [-0.4, -0.2) is 0 Å². The highest BCUT2D eigenvalue weighted by Gasteiger charge is 2.04. The van der Waals surface area contributed by atoms with Gasteiger partial charge in [0.25, 0.3) is 0 Å². The predicted octanol–water partition coefficient (Wildman–Crippen LogP) is 11.7. The number of hydrogen-bond acceptors (Lipinski definition) is 0. The first kappa shape index (κ1) is 30.0. The lowest BCUT2D eigenvalue weighted by Gasteiger charge is -2.12. The van der Waals surface area contributed by atoms with Crippen molar-refractivity contribution in [3.63, 3.8) is 0 Å². The molecule has 0 heterocycles. The van der Waals surface area contributed by atoms with Crippen LogP contribution >= 0.6 is 0 Å². The summed E-state index contributed by atoms with van der Waals surface area (Å²) in [5, 5.41) is 0. The minimum atomic E-state index is 0.965. The third kappa shape index (κ3) is 24.3. The van der Waals surface area contributed by atoms with Crippen molar-refractivity contribution in [3.05, 3.63) is 0 Å². The van der Waals surface area contributed by atoms with Crippen LogP contribution in [0.1, 0.15) is 182 Å². The van der Waals surface area contributed by atoms with Gasteiger partial charge >= 0.3 is 0 Å². The summed E-state index contributed by atoms with van der Waals surface area (Å²) in [6.45, 7) is 9.60. The van der Waals surface area contributed by atoms with Crippen molar-refractivity contribution in [3.8, 4) is 0 Å². The van der Waals surface area contributed by atoms with Gasteiger partial charge in [0.2, 0.25) is 0 Å². The molecule has 0 aliphatic rings. The van der Waals surface area contributed by atoms with E-state index in [-0.39, 0.29) is 0 Å². The van der Waals surface area contributed by atoms with Crippen molar-refractivity contribution >= 4 is 0 Å². The molecule has 0 nitrogen and oxygen atoms in total. The Hall–Kier alpha value is 0. The first-order chi connectivity index (χ1) is 14.7. The van der Waals surface area contributed by atoms with Crippen LogP contribution in [-0.2, 0) is 0 Å². The Morgan fingerprint density at radius 1 is 0.300 bits per heavy atom. The van der Waals surface area contributed by atoms with Gasteiger partial charge in [0.1, 0.15) is 0 Å². The smallest absolute Gasteiger partial charge is 0.0443 e. The molecule has 0 spiro atoms. The van der Waals surface area contributed by atoms with Crippen LogP contribution in [0.2, 0.25) is 0 Å². The van der Waals surface area contributed by atoms with E-state index < -0.39 is 0 Å². The maximum Gasteiger partial charge on any atom is -0.0443 e. The molecule has 0 aliphatic carbocycles. The van der Waals surface area contributed by atoms with E-state index in [1.165, 1.54) is 154 Å². The summed E-state index contributed by atoms with van der Waals surface area (Å²) < 4.78 is 0. The summed E-state index contributed by atoms with van der Waals surface area (Å²) in [7, 11) is 0. The molecule has 2 unspecified atom stereocenters. The molecule has 0 rings (SSSR count). The Morgan fingerprint density at radius 3 is 0.733 bits per heavy atom. The lowest BCUT2D eigenvalue weighted by atomic mass is 9.94. The second-order valence-corrected chi connectivity index (χ2v) is 10.7. The van der Waals surface area contributed by atoms with E-state index in [4.69, 9.17) is 0 Å². The maximum atomic E-state index is 2.49. The minimum absolute atomic E-state index is 0.965. The minimum Gasteiger partial charge on any atom is -0.0654 e. The molecule has 0 bridgehead atoms. The third-order valence-corrected chi connectivity index (χ3v) is 7.24. The Kier molecular flexibility index (Phi) is 25.3. The van der Waals surface area contributed by atoms with Crippen molar-refractivity contribution < 1.29 is 0 Å². The standard InChI is InChI=1S/C30H62/c1-5-7-9-11-13-15-18-22-26-30(4)28-24-20-16-19-23-27-29(3)25-21-17-14-12-10-8-6-2/h29-30H,5-28H2,1-4H3. The fourth-order valence-corrected chi connectivity index (χ4v) is 4.88. The van der Waals surface area contributed by atoms with Crippen LogP contribution in [0, 0.1) is 11.8 Å². The van der Waals surface area contributed by atoms with Crippen molar-refractivity contribution in [1.82, 2.24) is 0 Å². The average molecular weight is 423 g/mol.